The number of fused-ring (bicyclic) bond motifs is 1. The molecule has 0 unspecified atom stereocenters. The highest BCUT2D eigenvalue weighted by atomic mass is 16.2. The van der Waals surface area contributed by atoms with Gasteiger partial charge in [-0.25, -0.2) is 5.43 Å². The molecule has 18 heavy (non-hydrogen) atoms. The maximum atomic E-state index is 11.8. The van der Waals surface area contributed by atoms with E-state index in [0.717, 1.165) is 16.8 Å². The van der Waals surface area contributed by atoms with Gasteiger partial charge in [-0.15, -0.1) is 0 Å². The fourth-order valence-corrected chi connectivity index (χ4v) is 3.10. The Morgan fingerprint density at radius 2 is 2.06 bits per heavy atom. The molecule has 2 N–H and O–H groups in total. The van der Waals surface area contributed by atoms with Crippen molar-refractivity contribution >= 4 is 5.91 Å². The van der Waals surface area contributed by atoms with Gasteiger partial charge in [0.1, 0.15) is 0 Å². The summed E-state index contributed by atoms with van der Waals surface area (Å²) in [5.41, 5.74) is 9.47. The Hall–Kier alpha value is -1.42. The quantitative estimate of drug-likeness (QED) is 0.797. The van der Waals surface area contributed by atoms with Crippen LogP contribution in [0.4, 0.5) is 0 Å². The van der Waals surface area contributed by atoms with Crippen molar-refractivity contribution in [1.29, 1.82) is 0 Å². The van der Waals surface area contributed by atoms with E-state index in [9.17, 15) is 4.79 Å². The number of aromatic nitrogens is 1. The third-order valence-electron chi connectivity index (χ3n) is 4.03. The van der Waals surface area contributed by atoms with E-state index in [4.69, 9.17) is 0 Å². The molecule has 4 heteroatoms. The molecule has 0 radical (unpaired) electrons. The van der Waals surface area contributed by atoms with Crippen LogP contribution in [0.1, 0.15) is 65.3 Å². The predicted octanol–water partition coefficient (Wildman–Crippen LogP) is 2.19. The molecule has 1 saturated carbocycles. The number of carbonyl (C=O) groups is 1. The molecular weight excluding hydrogens is 226 g/mol. The summed E-state index contributed by atoms with van der Waals surface area (Å²) in [6.07, 6.45) is 6.45. The van der Waals surface area contributed by atoms with Crippen LogP contribution in [0.15, 0.2) is 6.07 Å². The van der Waals surface area contributed by atoms with Crippen molar-refractivity contribution < 1.29 is 4.79 Å². The Morgan fingerprint density at radius 3 is 2.83 bits per heavy atom. The van der Waals surface area contributed by atoms with Crippen LogP contribution in [0.25, 0.3) is 0 Å². The van der Waals surface area contributed by atoms with E-state index in [2.05, 4.69) is 21.9 Å². The molecule has 0 aromatic carbocycles. The van der Waals surface area contributed by atoms with Crippen LogP contribution in [0.5, 0.6) is 0 Å². The normalized spacial score (nSPS) is 20.4. The van der Waals surface area contributed by atoms with Crippen LogP contribution in [0, 0.1) is 6.92 Å². The average Bonchev–Trinajstić information content (AvgIpc) is 2.39. The number of carbonyl (C=O) groups excluding carboxylic acids is 1. The van der Waals surface area contributed by atoms with Crippen molar-refractivity contribution in [1.82, 2.24) is 15.8 Å². The predicted molar refractivity (Wildman–Crippen MR) is 69.1 cm³/mol. The molecule has 0 bridgehead atoms. The Bertz CT molecular complexity index is 478. The largest absolute Gasteiger partial charge is 0.287 e. The highest BCUT2D eigenvalue weighted by Gasteiger charge is 2.23. The molecule has 96 valence electrons. The van der Waals surface area contributed by atoms with Gasteiger partial charge in [-0.2, -0.15) is 0 Å². The van der Waals surface area contributed by atoms with E-state index in [0.29, 0.717) is 12.5 Å². The van der Waals surface area contributed by atoms with Gasteiger partial charge >= 0.3 is 0 Å². The zero-order valence-corrected chi connectivity index (χ0v) is 10.8. The third kappa shape index (κ3) is 2.01. The van der Waals surface area contributed by atoms with E-state index >= 15 is 0 Å². The molecule has 0 atom stereocenters. The molecule has 1 fully saturated rings. The Labute approximate surface area is 107 Å². The average molecular weight is 245 g/mol. The van der Waals surface area contributed by atoms with Crippen LogP contribution in [0.3, 0.4) is 0 Å². The van der Waals surface area contributed by atoms with Crippen LogP contribution in [-0.4, -0.2) is 10.9 Å². The highest BCUT2D eigenvalue weighted by molar-refractivity contribution is 5.97. The summed E-state index contributed by atoms with van der Waals surface area (Å²) in [6, 6.07) is 2.13. The first-order valence-corrected chi connectivity index (χ1v) is 6.79. The van der Waals surface area contributed by atoms with Gasteiger partial charge < -0.3 is 0 Å². The van der Waals surface area contributed by atoms with Gasteiger partial charge in [-0.1, -0.05) is 19.3 Å². The van der Waals surface area contributed by atoms with Gasteiger partial charge in [0.05, 0.1) is 11.3 Å². The number of hydrogen-bond acceptors (Lipinski definition) is 3. The van der Waals surface area contributed by atoms with Crippen LogP contribution >= 0.6 is 0 Å². The second-order valence-corrected chi connectivity index (χ2v) is 5.31. The van der Waals surface area contributed by atoms with Crippen molar-refractivity contribution in [3.63, 3.8) is 0 Å². The van der Waals surface area contributed by atoms with Crippen molar-refractivity contribution in [3.05, 3.63) is 28.6 Å². The Balaban J connectivity index is 1.97. The summed E-state index contributed by atoms with van der Waals surface area (Å²) in [5.74, 6) is 0.532. The standard InChI is InChI=1S/C14H19N3O/c1-9-13-11(8-15-17-14(13)18)7-12(16-9)10-5-3-2-4-6-10/h7,10,15H,2-6,8H2,1H3,(H,17,18). The fraction of sp³-hybridized carbons (Fsp3) is 0.571. The zero-order chi connectivity index (χ0) is 12.5. The lowest BCUT2D eigenvalue weighted by molar-refractivity contribution is 0.0918. The maximum Gasteiger partial charge on any atom is 0.267 e. The second-order valence-electron chi connectivity index (χ2n) is 5.31. The highest BCUT2D eigenvalue weighted by Crippen LogP contribution is 2.33. The minimum absolute atomic E-state index is 0.0588. The molecule has 2 heterocycles. The van der Waals surface area contributed by atoms with Crippen LogP contribution in [0.2, 0.25) is 0 Å². The molecule has 1 amide bonds. The van der Waals surface area contributed by atoms with Crippen molar-refractivity contribution in [2.75, 3.05) is 0 Å². The first kappa shape index (κ1) is 11.7. The van der Waals surface area contributed by atoms with E-state index in [1.54, 1.807) is 0 Å². The molecule has 2 aliphatic rings. The summed E-state index contributed by atoms with van der Waals surface area (Å²) < 4.78 is 0. The fourth-order valence-electron chi connectivity index (χ4n) is 3.10. The molecule has 1 aliphatic heterocycles. The maximum absolute atomic E-state index is 11.8. The topological polar surface area (TPSA) is 54.0 Å². The number of rotatable bonds is 1. The summed E-state index contributed by atoms with van der Waals surface area (Å²) in [7, 11) is 0. The molecule has 3 rings (SSSR count). The minimum Gasteiger partial charge on any atom is -0.287 e. The van der Waals surface area contributed by atoms with E-state index in [-0.39, 0.29) is 5.91 Å². The second kappa shape index (κ2) is 4.69. The van der Waals surface area contributed by atoms with Gasteiger partial charge in [0.15, 0.2) is 0 Å². The lowest BCUT2D eigenvalue weighted by atomic mass is 9.85. The first-order valence-electron chi connectivity index (χ1n) is 6.79. The molecule has 0 spiro atoms. The molecule has 1 aromatic rings. The van der Waals surface area contributed by atoms with Crippen LogP contribution < -0.4 is 10.9 Å². The molecule has 1 aliphatic carbocycles. The molecule has 1 aromatic heterocycles. The number of aryl methyl sites for hydroxylation is 1. The molecule has 0 saturated heterocycles. The molecular formula is C14H19N3O. The number of pyridine rings is 1. The van der Waals surface area contributed by atoms with E-state index < -0.39 is 0 Å². The van der Waals surface area contributed by atoms with Gasteiger partial charge in [-0.3, -0.25) is 15.2 Å². The van der Waals surface area contributed by atoms with Crippen LogP contribution in [-0.2, 0) is 6.54 Å². The number of amides is 1. The number of hydrazine groups is 1. The van der Waals surface area contributed by atoms with Crippen molar-refractivity contribution in [2.24, 2.45) is 0 Å². The number of nitrogens with zero attached hydrogens (tertiary/aromatic N) is 1. The smallest absolute Gasteiger partial charge is 0.267 e. The third-order valence-corrected chi connectivity index (χ3v) is 4.03. The van der Waals surface area contributed by atoms with Gasteiger partial charge in [0.25, 0.3) is 5.91 Å². The van der Waals surface area contributed by atoms with Gasteiger partial charge in [-0.05, 0) is 31.4 Å². The summed E-state index contributed by atoms with van der Waals surface area (Å²) >= 11 is 0. The Morgan fingerprint density at radius 1 is 1.28 bits per heavy atom. The minimum atomic E-state index is -0.0588. The first-order chi connectivity index (χ1) is 8.75. The zero-order valence-electron chi connectivity index (χ0n) is 10.8. The number of nitrogens with one attached hydrogen (secondary N) is 2. The van der Waals surface area contributed by atoms with Crippen molar-refractivity contribution in [2.45, 2.75) is 51.5 Å². The lowest BCUT2D eigenvalue weighted by Gasteiger charge is -2.25. The van der Waals surface area contributed by atoms with Crippen molar-refractivity contribution in [3.8, 4) is 0 Å². The summed E-state index contributed by atoms with van der Waals surface area (Å²) in [6.45, 7) is 2.64. The summed E-state index contributed by atoms with van der Waals surface area (Å²) in [4.78, 5) is 16.5. The lowest BCUT2D eigenvalue weighted by Crippen LogP contribution is -2.42. The van der Waals surface area contributed by atoms with Gasteiger partial charge in [0.2, 0.25) is 0 Å². The number of hydrogen-bond donors (Lipinski definition) is 2. The summed E-state index contributed by atoms with van der Waals surface area (Å²) in [5, 5.41) is 0. The monoisotopic (exact) mass is 245 g/mol. The SMILES string of the molecule is Cc1nc(C2CCCCC2)cc2c1C(=O)NNC2. The van der Waals surface area contributed by atoms with E-state index in [1.807, 2.05) is 6.92 Å². The van der Waals surface area contributed by atoms with Gasteiger partial charge in [0, 0.05) is 18.2 Å². The Kier molecular flexibility index (Phi) is 3.04. The van der Waals surface area contributed by atoms with E-state index in [1.165, 1.54) is 37.8 Å². The molecule has 4 nitrogen and oxygen atoms in total.